The van der Waals surface area contributed by atoms with Gasteiger partial charge in [0.15, 0.2) is 0 Å². The van der Waals surface area contributed by atoms with Crippen LogP contribution in [0.1, 0.15) is 39.5 Å². The zero-order valence-electron chi connectivity index (χ0n) is 11.4. The molecular formula is C13H25F3N2. The first-order chi connectivity index (χ1) is 8.37. The second kappa shape index (κ2) is 7.34. The van der Waals surface area contributed by atoms with Gasteiger partial charge in [-0.2, -0.15) is 13.2 Å². The van der Waals surface area contributed by atoms with Gasteiger partial charge < -0.3 is 10.2 Å². The number of halogens is 3. The number of rotatable bonds is 6. The largest absolute Gasteiger partial charge is 0.389 e. The lowest BCUT2D eigenvalue weighted by molar-refractivity contribution is -0.135. The fourth-order valence-corrected chi connectivity index (χ4v) is 2.49. The van der Waals surface area contributed by atoms with Crippen molar-refractivity contribution in [3.8, 4) is 0 Å². The predicted molar refractivity (Wildman–Crippen MR) is 67.6 cm³/mol. The van der Waals surface area contributed by atoms with Gasteiger partial charge in [0.2, 0.25) is 0 Å². The fourth-order valence-electron chi connectivity index (χ4n) is 2.49. The summed E-state index contributed by atoms with van der Waals surface area (Å²) >= 11 is 0. The van der Waals surface area contributed by atoms with E-state index < -0.39 is 12.6 Å². The van der Waals surface area contributed by atoms with Crippen LogP contribution in [0.2, 0.25) is 0 Å². The standard InChI is InChI=1S/C13H25F3N2/c1-11(2)9-12-10-18(8-6-17-12)7-4-3-5-13(14,15)16/h11-12,17H,3-10H2,1-2H3. The number of nitrogens with zero attached hydrogens (tertiary/aromatic N) is 1. The summed E-state index contributed by atoms with van der Waals surface area (Å²) in [5.74, 6) is 0.660. The molecule has 0 saturated carbocycles. The summed E-state index contributed by atoms with van der Waals surface area (Å²) in [6.45, 7) is 8.09. The Morgan fingerprint density at radius 1 is 1.28 bits per heavy atom. The molecule has 0 bridgehead atoms. The van der Waals surface area contributed by atoms with Gasteiger partial charge in [0.1, 0.15) is 0 Å². The lowest BCUT2D eigenvalue weighted by Crippen LogP contribution is -2.51. The average Bonchev–Trinajstić information content (AvgIpc) is 2.23. The van der Waals surface area contributed by atoms with Gasteiger partial charge in [0.25, 0.3) is 0 Å². The summed E-state index contributed by atoms with van der Waals surface area (Å²) in [6, 6.07) is 0.501. The van der Waals surface area contributed by atoms with Gasteiger partial charge in [-0.3, -0.25) is 0 Å². The van der Waals surface area contributed by atoms with Crippen molar-refractivity contribution in [2.24, 2.45) is 5.92 Å². The van der Waals surface area contributed by atoms with Crippen LogP contribution >= 0.6 is 0 Å². The fraction of sp³-hybridized carbons (Fsp3) is 1.00. The number of piperazine rings is 1. The summed E-state index contributed by atoms with van der Waals surface area (Å²) in [4.78, 5) is 2.29. The molecule has 1 atom stereocenters. The average molecular weight is 266 g/mol. The highest BCUT2D eigenvalue weighted by atomic mass is 19.4. The molecular weight excluding hydrogens is 241 g/mol. The Labute approximate surface area is 108 Å². The molecule has 1 N–H and O–H groups in total. The van der Waals surface area contributed by atoms with Crippen LogP contribution in [-0.2, 0) is 0 Å². The molecule has 0 aromatic heterocycles. The monoisotopic (exact) mass is 266 g/mol. The molecule has 1 unspecified atom stereocenters. The number of nitrogens with one attached hydrogen (secondary N) is 1. The van der Waals surface area contributed by atoms with E-state index in [4.69, 9.17) is 0 Å². The van der Waals surface area contributed by atoms with Crippen molar-refractivity contribution in [3.63, 3.8) is 0 Å². The van der Waals surface area contributed by atoms with E-state index in [0.29, 0.717) is 18.4 Å². The van der Waals surface area contributed by atoms with E-state index in [1.165, 1.54) is 0 Å². The molecule has 1 heterocycles. The summed E-state index contributed by atoms with van der Waals surface area (Å²) in [5, 5.41) is 3.47. The molecule has 2 nitrogen and oxygen atoms in total. The van der Waals surface area contributed by atoms with E-state index in [1.54, 1.807) is 0 Å². The van der Waals surface area contributed by atoms with Gasteiger partial charge >= 0.3 is 6.18 Å². The Kier molecular flexibility index (Phi) is 6.43. The van der Waals surface area contributed by atoms with Gasteiger partial charge in [-0.05, 0) is 31.7 Å². The molecule has 1 fully saturated rings. The molecule has 1 saturated heterocycles. The third kappa shape index (κ3) is 7.21. The SMILES string of the molecule is CC(C)CC1CN(CCCCC(F)(F)F)CCN1. The van der Waals surface area contributed by atoms with Crippen molar-refractivity contribution >= 4 is 0 Å². The minimum absolute atomic E-state index is 0.252. The first kappa shape index (κ1) is 15.8. The Bertz CT molecular complexity index is 229. The summed E-state index contributed by atoms with van der Waals surface area (Å²) in [6.07, 6.45) is -2.60. The highest BCUT2D eigenvalue weighted by Gasteiger charge is 2.26. The number of unbranched alkanes of at least 4 members (excludes halogenated alkanes) is 1. The van der Waals surface area contributed by atoms with Gasteiger partial charge in [0, 0.05) is 32.1 Å². The Morgan fingerprint density at radius 3 is 2.61 bits per heavy atom. The second-order valence-electron chi connectivity index (χ2n) is 5.65. The number of hydrogen-bond donors (Lipinski definition) is 1. The van der Waals surface area contributed by atoms with Gasteiger partial charge in [-0.25, -0.2) is 0 Å². The molecule has 0 radical (unpaired) electrons. The molecule has 1 aliphatic heterocycles. The quantitative estimate of drug-likeness (QED) is 0.743. The second-order valence-corrected chi connectivity index (χ2v) is 5.65. The van der Waals surface area contributed by atoms with Crippen LogP contribution in [0.25, 0.3) is 0 Å². The zero-order chi connectivity index (χ0) is 13.6. The minimum atomic E-state index is -4.00. The van der Waals surface area contributed by atoms with Crippen molar-refractivity contribution in [1.82, 2.24) is 10.2 Å². The third-order valence-corrected chi connectivity index (χ3v) is 3.28. The van der Waals surface area contributed by atoms with Crippen molar-refractivity contribution in [1.29, 1.82) is 0 Å². The molecule has 5 heteroatoms. The first-order valence-corrected chi connectivity index (χ1v) is 6.89. The van der Waals surface area contributed by atoms with Gasteiger partial charge in [-0.1, -0.05) is 13.8 Å². The van der Waals surface area contributed by atoms with E-state index in [1.807, 2.05) is 0 Å². The smallest absolute Gasteiger partial charge is 0.311 e. The molecule has 0 aliphatic carbocycles. The Balaban J connectivity index is 2.14. The first-order valence-electron chi connectivity index (χ1n) is 6.89. The summed E-state index contributed by atoms with van der Waals surface area (Å²) in [7, 11) is 0. The van der Waals surface area contributed by atoms with Crippen LogP contribution in [0, 0.1) is 5.92 Å². The normalized spacial score (nSPS) is 22.7. The molecule has 1 rings (SSSR count). The summed E-state index contributed by atoms with van der Waals surface area (Å²) in [5.41, 5.74) is 0. The van der Waals surface area contributed by atoms with Crippen LogP contribution in [0.4, 0.5) is 13.2 Å². The lowest BCUT2D eigenvalue weighted by atomic mass is 10.0. The number of alkyl halides is 3. The lowest BCUT2D eigenvalue weighted by Gasteiger charge is -2.34. The maximum absolute atomic E-state index is 12.0. The van der Waals surface area contributed by atoms with E-state index in [9.17, 15) is 13.2 Å². The zero-order valence-corrected chi connectivity index (χ0v) is 11.4. The molecule has 0 aromatic carbocycles. The van der Waals surface area contributed by atoms with Crippen LogP contribution in [-0.4, -0.2) is 43.3 Å². The molecule has 1 aliphatic rings. The molecule has 0 spiro atoms. The molecule has 0 amide bonds. The van der Waals surface area contributed by atoms with Crippen LogP contribution in [0.5, 0.6) is 0 Å². The van der Waals surface area contributed by atoms with Gasteiger partial charge in [-0.15, -0.1) is 0 Å². The maximum Gasteiger partial charge on any atom is 0.389 e. The van der Waals surface area contributed by atoms with E-state index in [0.717, 1.165) is 32.6 Å². The number of hydrogen-bond acceptors (Lipinski definition) is 2. The van der Waals surface area contributed by atoms with Crippen LogP contribution in [0.15, 0.2) is 0 Å². The molecule has 108 valence electrons. The van der Waals surface area contributed by atoms with Crippen LogP contribution < -0.4 is 5.32 Å². The molecule has 18 heavy (non-hydrogen) atoms. The Morgan fingerprint density at radius 2 is 2.00 bits per heavy atom. The van der Waals surface area contributed by atoms with Gasteiger partial charge in [0.05, 0.1) is 0 Å². The summed E-state index contributed by atoms with van der Waals surface area (Å²) < 4.78 is 36.0. The Hall–Kier alpha value is -0.290. The third-order valence-electron chi connectivity index (χ3n) is 3.28. The van der Waals surface area contributed by atoms with Crippen molar-refractivity contribution in [2.45, 2.75) is 51.7 Å². The topological polar surface area (TPSA) is 15.3 Å². The van der Waals surface area contributed by atoms with Crippen LogP contribution in [0.3, 0.4) is 0 Å². The highest BCUT2D eigenvalue weighted by molar-refractivity contribution is 4.79. The van der Waals surface area contributed by atoms with E-state index in [-0.39, 0.29) is 6.42 Å². The maximum atomic E-state index is 12.0. The van der Waals surface area contributed by atoms with E-state index in [2.05, 4.69) is 24.1 Å². The minimum Gasteiger partial charge on any atom is -0.311 e. The van der Waals surface area contributed by atoms with Crippen molar-refractivity contribution in [3.05, 3.63) is 0 Å². The van der Waals surface area contributed by atoms with E-state index >= 15 is 0 Å². The highest BCUT2D eigenvalue weighted by Crippen LogP contribution is 2.22. The van der Waals surface area contributed by atoms with Crippen molar-refractivity contribution < 1.29 is 13.2 Å². The molecule has 0 aromatic rings. The van der Waals surface area contributed by atoms with Crippen molar-refractivity contribution in [2.75, 3.05) is 26.2 Å². The predicted octanol–water partition coefficient (Wildman–Crippen LogP) is 3.04.